The monoisotopic (exact) mass is 396 g/mol. The maximum absolute atomic E-state index is 14.3. The lowest BCUT2D eigenvalue weighted by molar-refractivity contribution is 0.00851. The van der Waals surface area contributed by atoms with Crippen molar-refractivity contribution in [3.63, 3.8) is 0 Å². The first-order valence-electron chi connectivity index (χ1n) is 7.98. The second-order valence-electron chi connectivity index (χ2n) is 5.52. The molecule has 0 atom stereocenters. The van der Waals surface area contributed by atoms with Gasteiger partial charge < -0.3 is 10.1 Å². The first-order valence-corrected chi connectivity index (χ1v) is 9.21. The summed E-state index contributed by atoms with van der Waals surface area (Å²) < 4.78 is 20.2. The second-order valence-corrected chi connectivity index (χ2v) is 6.40. The summed E-state index contributed by atoms with van der Waals surface area (Å²) in [6.07, 6.45) is 1.84. The fraction of sp³-hybridized carbons (Fsp3) is 0.353. The number of amides is 1. The predicted molar refractivity (Wildman–Crippen MR) is 101 cm³/mol. The van der Waals surface area contributed by atoms with Crippen LogP contribution in [0.2, 0.25) is 0 Å². The highest BCUT2D eigenvalue weighted by atomic mass is 32.2. The van der Waals surface area contributed by atoms with Crippen molar-refractivity contribution in [1.82, 2.24) is 15.3 Å². The lowest BCUT2D eigenvalue weighted by Crippen LogP contribution is -2.32. The van der Waals surface area contributed by atoms with Crippen LogP contribution in [0.5, 0.6) is 0 Å². The van der Waals surface area contributed by atoms with Crippen molar-refractivity contribution in [1.29, 1.82) is 0 Å². The summed E-state index contributed by atoms with van der Waals surface area (Å²) in [5.41, 5.74) is 2.19. The Balaban J connectivity index is 2.38. The summed E-state index contributed by atoms with van der Waals surface area (Å²) in [4.78, 5) is 30.4. The first kappa shape index (κ1) is 20.9. The van der Waals surface area contributed by atoms with Crippen LogP contribution in [-0.2, 0) is 16.6 Å². The molecule has 2 N–H and O–H groups in total. The minimum Gasteiger partial charge on any atom is -0.382 e. The molecule has 0 spiro atoms. The molecule has 0 aliphatic rings. The number of benzene rings is 1. The minimum absolute atomic E-state index is 0.0969. The zero-order valence-electron chi connectivity index (χ0n) is 15.5. The van der Waals surface area contributed by atoms with E-state index < -0.39 is 17.3 Å². The van der Waals surface area contributed by atoms with Gasteiger partial charge in [-0.05, 0) is 31.4 Å². The summed E-state index contributed by atoms with van der Waals surface area (Å²) in [5.74, 6) is -1.18. The Hall–Kier alpha value is -2.43. The van der Waals surface area contributed by atoms with Gasteiger partial charge in [0.15, 0.2) is 5.69 Å². The van der Waals surface area contributed by atoms with Crippen LogP contribution in [0, 0.1) is 12.7 Å². The number of ether oxygens (including phenoxy) is 1. The number of nitrogens with one attached hydrogen (secondary N) is 2. The maximum Gasteiger partial charge on any atom is 0.297 e. The van der Waals surface area contributed by atoms with E-state index in [0.29, 0.717) is 0 Å². The number of aryl methyl sites for hydroxylation is 1. The molecule has 2 rings (SSSR count). The fourth-order valence-electron chi connectivity index (χ4n) is 2.23. The van der Waals surface area contributed by atoms with Gasteiger partial charge in [-0.1, -0.05) is 0 Å². The van der Waals surface area contributed by atoms with E-state index in [4.69, 9.17) is 9.57 Å². The molecule has 0 aliphatic carbocycles. The van der Waals surface area contributed by atoms with Crippen LogP contribution in [0.25, 0.3) is 0 Å². The number of halogens is 1. The van der Waals surface area contributed by atoms with Crippen LogP contribution < -0.4 is 16.4 Å². The van der Waals surface area contributed by atoms with E-state index in [-0.39, 0.29) is 35.8 Å². The van der Waals surface area contributed by atoms with Crippen molar-refractivity contribution < 1.29 is 18.8 Å². The van der Waals surface area contributed by atoms with Gasteiger partial charge in [0, 0.05) is 24.6 Å². The molecule has 2 aromatic rings. The summed E-state index contributed by atoms with van der Waals surface area (Å²) in [5, 5.41) is 6.79. The molecule has 8 nitrogen and oxygen atoms in total. The van der Waals surface area contributed by atoms with E-state index in [1.54, 1.807) is 6.07 Å². The van der Waals surface area contributed by atoms with Crippen LogP contribution in [0.1, 0.15) is 16.1 Å². The molecule has 0 unspecified atom stereocenters. The van der Waals surface area contributed by atoms with Gasteiger partial charge in [0.2, 0.25) is 0 Å². The molecule has 1 heterocycles. The van der Waals surface area contributed by atoms with Gasteiger partial charge in [-0.2, -0.15) is 5.10 Å². The lowest BCUT2D eigenvalue weighted by Gasteiger charge is -2.15. The van der Waals surface area contributed by atoms with Crippen LogP contribution in [-0.4, -0.2) is 42.3 Å². The average Bonchev–Trinajstić information content (AvgIpc) is 2.66. The average molecular weight is 396 g/mol. The van der Waals surface area contributed by atoms with Crippen LogP contribution in [0.3, 0.4) is 0 Å². The van der Waals surface area contributed by atoms with E-state index in [2.05, 4.69) is 15.9 Å². The molecule has 1 amide bonds. The van der Waals surface area contributed by atoms with Gasteiger partial charge in [0.1, 0.15) is 5.82 Å². The Bertz CT molecular complexity index is 888. The Morgan fingerprint density at radius 3 is 2.74 bits per heavy atom. The Kier molecular flexibility index (Phi) is 7.34. The van der Waals surface area contributed by atoms with Gasteiger partial charge in [0.25, 0.3) is 11.5 Å². The third-order valence-corrected chi connectivity index (χ3v) is 4.41. The number of methoxy groups -OCH3 is 1. The largest absolute Gasteiger partial charge is 0.382 e. The van der Waals surface area contributed by atoms with E-state index in [1.807, 2.05) is 6.26 Å². The van der Waals surface area contributed by atoms with E-state index >= 15 is 0 Å². The van der Waals surface area contributed by atoms with Crippen LogP contribution in [0.4, 0.5) is 15.8 Å². The molecule has 0 aliphatic heterocycles. The topological polar surface area (TPSA) is 94.5 Å². The maximum atomic E-state index is 14.3. The normalized spacial score (nSPS) is 10.7. The Labute approximate surface area is 160 Å². The predicted octanol–water partition coefficient (Wildman–Crippen LogP) is 2.00. The second kappa shape index (κ2) is 9.49. The SMILES string of the molecule is COCCONC(=O)c1nn(C)c(=O)c(C)c1Nc1ccc(SC)cc1F. The van der Waals surface area contributed by atoms with Crippen LogP contribution in [0.15, 0.2) is 27.9 Å². The zero-order valence-corrected chi connectivity index (χ0v) is 16.3. The van der Waals surface area contributed by atoms with Crippen molar-refractivity contribution in [2.24, 2.45) is 7.05 Å². The van der Waals surface area contributed by atoms with E-state index in [1.165, 1.54) is 45.0 Å². The number of hydrogen-bond acceptors (Lipinski definition) is 7. The minimum atomic E-state index is -0.673. The van der Waals surface area contributed by atoms with Crippen molar-refractivity contribution in [3.8, 4) is 0 Å². The zero-order chi connectivity index (χ0) is 20.0. The van der Waals surface area contributed by atoms with Crippen LogP contribution >= 0.6 is 11.8 Å². The molecule has 27 heavy (non-hydrogen) atoms. The van der Waals surface area contributed by atoms with Crippen molar-refractivity contribution in [2.45, 2.75) is 11.8 Å². The Morgan fingerprint density at radius 2 is 2.11 bits per heavy atom. The van der Waals surface area contributed by atoms with Gasteiger partial charge in [-0.25, -0.2) is 14.6 Å². The van der Waals surface area contributed by atoms with E-state index in [0.717, 1.165) is 9.58 Å². The quantitative estimate of drug-likeness (QED) is 0.400. The molecule has 0 radical (unpaired) electrons. The van der Waals surface area contributed by atoms with Crippen molar-refractivity contribution in [2.75, 3.05) is 31.9 Å². The number of hydroxylamine groups is 1. The first-order chi connectivity index (χ1) is 12.9. The number of anilines is 2. The summed E-state index contributed by atoms with van der Waals surface area (Å²) in [6.45, 7) is 1.96. The van der Waals surface area contributed by atoms with Crippen molar-refractivity contribution in [3.05, 3.63) is 45.6 Å². The number of aromatic nitrogens is 2. The summed E-state index contributed by atoms with van der Waals surface area (Å²) >= 11 is 1.40. The molecular weight excluding hydrogens is 375 g/mol. The Morgan fingerprint density at radius 1 is 1.37 bits per heavy atom. The number of carbonyl (C=O) groups excluding carboxylic acids is 1. The molecule has 0 fully saturated rings. The molecule has 1 aromatic carbocycles. The third-order valence-electron chi connectivity index (χ3n) is 3.68. The van der Waals surface area contributed by atoms with E-state index in [9.17, 15) is 14.0 Å². The third kappa shape index (κ3) is 5.06. The molecule has 0 bridgehead atoms. The number of nitrogens with zero attached hydrogens (tertiary/aromatic N) is 2. The fourth-order valence-corrected chi connectivity index (χ4v) is 2.66. The highest BCUT2D eigenvalue weighted by Crippen LogP contribution is 2.26. The lowest BCUT2D eigenvalue weighted by atomic mass is 10.2. The van der Waals surface area contributed by atoms with Crippen molar-refractivity contribution >= 4 is 29.0 Å². The molecule has 0 saturated heterocycles. The van der Waals surface area contributed by atoms with Gasteiger partial charge in [-0.3, -0.25) is 14.4 Å². The van der Waals surface area contributed by atoms with Gasteiger partial charge in [0.05, 0.1) is 24.6 Å². The smallest absolute Gasteiger partial charge is 0.297 e. The molecular formula is C17H21FN4O4S. The molecule has 1 aromatic heterocycles. The standard InChI is InChI=1S/C17H21FN4O4S/c1-10-14(19-13-6-5-11(27-4)9-12(13)18)15(20-22(2)17(10)24)16(23)21-26-8-7-25-3/h5-6,9,19H,7-8H2,1-4H3,(H,21,23). The number of hydrogen-bond donors (Lipinski definition) is 2. The molecule has 0 saturated carbocycles. The molecule has 146 valence electrons. The number of carbonyl (C=O) groups is 1. The number of rotatable bonds is 8. The van der Waals surface area contributed by atoms with Gasteiger partial charge in [-0.15, -0.1) is 11.8 Å². The van der Waals surface area contributed by atoms with Gasteiger partial charge >= 0.3 is 0 Å². The number of thioether (sulfide) groups is 1. The molecule has 10 heteroatoms. The summed E-state index contributed by atoms with van der Waals surface area (Å²) in [7, 11) is 2.93. The summed E-state index contributed by atoms with van der Waals surface area (Å²) in [6, 6.07) is 4.63. The highest BCUT2D eigenvalue weighted by molar-refractivity contribution is 7.98. The highest BCUT2D eigenvalue weighted by Gasteiger charge is 2.21.